The number of piperidine rings is 1. The first-order valence-electron chi connectivity index (χ1n) is 7.06. The maximum Gasteiger partial charge on any atom is 0.110 e. The first-order valence-corrected chi connectivity index (χ1v) is 7.06. The van der Waals surface area contributed by atoms with Crippen molar-refractivity contribution in [3.05, 3.63) is 17.2 Å². The molecule has 1 aromatic heterocycles. The van der Waals surface area contributed by atoms with Crippen molar-refractivity contribution in [1.29, 1.82) is 0 Å². The zero-order valence-corrected chi connectivity index (χ0v) is 10.9. The number of aromatic amines is 1. The van der Waals surface area contributed by atoms with E-state index in [0.717, 1.165) is 12.5 Å². The molecule has 1 saturated heterocycles. The van der Waals surface area contributed by atoms with Gasteiger partial charge in [0.05, 0.1) is 5.69 Å². The Hall–Kier alpha value is -0.830. The van der Waals surface area contributed by atoms with Gasteiger partial charge in [-0.05, 0) is 38.1 Å². The Morgan fingerprint density at radius 3 is 2.59 bits per heavy atom. The lowest BCUT2D eigenvalue weighted by atomic mass is 9.99. The van der Waals surface area contributed by atoms with E-state index in [9.17, 15) is 0 Å². The van der Waals surface area contributed by atoms with Crippen LogP contribution in [0.15, 0.2) is 0 Å². The van der Waals surface area contributed by atoms with E-state index in [2.05, 4.69) is 24.1 Å². The van der Waals surface area contributed by atoms with Gasteiger partial charge in [0, 0.05) is 24.1 Å². The van der Waals surface area contributed by atoms with E-state index in [1.165, 1.54) is 49.4 Å². The van der Waals surface area contributed by atoms with E-state index in [-0.39, 0.29) is 0 Å². The molecule has 3 nitrogen and oxygen atoms in total. The van der Waals surface area contributed by atoms with Crippen molar-refractivity contribution in [1.82, 2.24) is 15.3 Å². The van der Waals surface area contributed by atoms with Gasteiger partial charge in [0.15, 0.2) is 0 Å². The Labute approximate surface area is 103 Å². The maximum atomic E-state index is 4.90. The van der Waals surface area contributed by atoms with Crippen molar-refractivity contribution in [3.63, 3.8) is 0 Å². The van der Waals surface area contributed by atoms with Crippen LogP contribution in [-0.2, 0) is 0 Å². The van der Waals surface area contributed by atoms with Gasteiger partial charge in [0.25, 0.3) is 0 Å². The van der Waals surface area contributed by atoms with E-state index in [4.69, 9.17) is 4.98 Å². The molecule has 2 aliphatic rings. The largest absolute Gasteiger partial charge is 0.345 e. The molecule has 0 radical (unpaired) electrons. The summed E-state index contributed by atoms with van der Waals surface area (Å²) in [6, 6.07) is 0. The molecule has 0 amide bonds. The molecule has 0 spiro atoms. The van der Waals surface area contributed by atoms with Crippen LogP contribution in [0.4, 0.5) is 0 Å². The number of nitrogens with zero attached hydrogens (tertiary/aromatic N) is 1. The number of H-pyrrole nitrogens is 1. The third kappa shape index (κ3) is 2.25. The van der Waals surface area contributed by atoms with Gasteiger partial charge in [-0.1, -0.05) is 13.8 Å². The second kappa shape index (κ2) is 4.45. The first-order chi connectivity index (χ1) is 8.25. The van der Waals surface area contributed by atoms with Crippen molar-refractivity contribution < 1.29 is 0 Å². The van der Waals surface area contributed by atoms with Gasteiger partial charge >= 0.3 is 0 Å². The van der Waals surface area contributed by atoms with Crippen LogP contribution in [0.5, 0.6) is 0 Å². The zero-order valence-electron chi connectivity index (χ0n) is 10.9. The highest BCUT2D eigenvalue weighted by atomic mass is 15.0. The monoisotopic (exact) mass is 233 g/mol. The van der Waals surface area contributed by atoms with Crippen LogP contribution < -0.4 is 5.32 Å². The second-order valence-electron chi connectivity index (χ2n) is 5.89. The number of nitrogens with one attached hydrogen (secondary N) is 2. The highest BCUT2D eigenvalue weighted by Crippen LogP contribution is 2.42. The molecule has 2 fully saturated rings. The van der Waals surface area contributed by atoms with Gasteiger partial charge in [0.2, 0.25) is 0 Å². The first kappa shape index (κ1) is 11.3. The van der Waals surface area contributed by atoms with E-state index in [1.54, 1.807) is 0 Å². The Bertz CT molecular complexity index is 365. The smallest absolute Gasteiger partial charge is 0.110 e. The molecule has 94 valence electrons. The summed E-state index contributed by atoms with van der Waals surface area (Å²) < 4.78 is 0. The molecule has 1 aliphatic heterocycles. The number of imidazole rings is 1. The Morgan fingerprint density at radius 1 is 1.18 bits per heavy atom. The summed E-state index contributed by atoms with van der Waals surface area (Å²) in [6.07, 6.45) is 5.26. The van der Waals surface area contributed by atoms with Crippen LogP contribution in [0.25, 0.3) is 0 Å². The fraction of sp³-hybridized carbons (Fsp3) is 0.786. The molecule has 0 bridgehead atoms. The average Bonchev–Trinajstić information content (AvgIpc) is 3.09. The summed E-state index contributed by atoms with van der Waals surface area (Å²) in [6.45, 7) is 6.77. The Morgan fingerprint density at radius 2 is 2.00 bits per heavy atom. The molecule has 1 unspecified atom stereocenters. The van der Waals surface area contributed by atoms with Crippen LogP contribution in [0.3, 0.4) is 0 Å². The van der Waals surface area contributed by atoms with Gasteiger partial charge in [-0.15, -0.1) is 0 Å². The van der Waals surface area contributed by atoms with Gasteiger partial charge in [0.1, 0.15) is 5.82 Å². The van der Waals surface area contributed by atoms with Crippen molar-refractivity contribution in [2.45, 2.75) is 57.3 Å². The van der Waals surface area contributed by atoms with Crippen molar-refractivity contribution in [2.24, 2.45) is 0 Å². The molecule has 2 N–H and O–H groups in total. The molecule has 1 atom stereocenters. The molecule has 1 aliphatic carbocycles. The standard InChI is InChI=1S/C14H23N3/c1-9(2)12-13(10-5-6-10)17-14(16-12)11-4-3-7-15-8-11/h9-11,15H,3-8H2,1-2H3,(H,16,17). The Balaban J connectivity index is 1.86. The molecular weight excluding hydrogens is 210 g/mol. The quantitative estimate of drug-likeness (QED) is 0.843. The summed E-state index contributed by atoms with van der Waals surface area (Å²) in [7, 11) is 0. The minimum absolute atomic E-state index is 0.548. The predicted molar refractivity (Wildman–Crippen MR) is 69.5 cm³/mol. The second-order valence-corrected chi connectivity index (χ2v) is 5.89. The van der Waals surface area contributed by atoms with Gasteiger partial charge in [-0.2, -0.15) is 0 Å². The molecule has 0 aromatic carbocycles. The molecule has 1 saturated carbocycles. The summed E-state index contributed by atoms with van der Waals surface area (Å²) in [5.41, 5.74) is 2.77. The van der Waals surface area contributed by atoms with Crippen LogP contribution in [-0.4, -0.2) is 23.1 Å². The maximum absolute atomic E-state index is 4.90. The summed E-state index contributed by atoms with van der Waals surface area (Å²) in [4.78, 5) is 8.54. The van der Waals surface area contributed by atoms with Crippen LogP contribution in [0, 0.1) is 0 Å². The molecule has 3 rings (SSSR count). The topological polar surface area (TPSA) is 40.7 Å². The SMILES string of the molecule is CC(C)c1nc(C2CCCNC2)[nH]c1C1CC1. The highest BCUT2D eigenvalue weighted by molar-refractivity contribution is 5.27. The van der Waals surface area contributed by atoms with E-state index in [0.29, 0.717) is 11.8 Å². The fourth-order valence-electron chi connectivity index (χ4n) is 2.82. The van der Waals surface area contributed by atoms with Crippen molar-refractivity contribution >= 4 is 0 Å². The lowest BCUT2D eigenvalue weighted by Crippen LogP contribution is -2.28. The molecule has 2 heterocycles. The zero-order chi connectivity index (χ0) is 11.8. The average molecular weight is 233 g/mol. The molecule has 3 heteroatoms. The van der Waals surface area contributed by atoms with Crippen molar-refractivity contribution in [3.8, 4) is 0 Å². The van der Waals surface area contributed by atoms with E-state index in [1.807, 2.05) is 0 Å². The van der Waals surface area contributed by atoms with Crippen molar-refractivity contribution in [2.75, 3.05) is 13.1 Å². The summed E-state index contributed by atoms with van der Waals surface area (Å²) in [5, 5.41) is 3.48. The highest BCUT2D eigenvalue weighted by Gasteiger charge is 2.31. The summed E-state index contributed by atoms with van der Waals surface area (Å²) >= 11 is 0. The fourth-order valence-corrected chi connectivity index (χ4v) is 2.82. The van der Waals surface area contributed by atoms with Gasteiger partial charge in [-0.25, -0.2) is 4.98 Å². The number of rotatable bonds is 3. The molecular formula is C14H23N3. The summed E-state index contributed by atoms with van der Waals surface area (Å²) in [5.74, 6) is 3.17. The number of hydrogen-bond donors (Lipinski definition) is 2. The predicted octanol–water partition coefficient (Wildman–Crippen LogP) is 2.88. The van der Waals surface area contributed by atoms with E-state index >= 15 is 0 Å². The van der Waals surface area contributed by atoms with Gasteiger partial charge in [-0.3, -0.25) is 0 Å². The third-order valence-electron chi connectivity index (χ3n) is 4.00. The van der Waals surface area contributed by atoms with E-state index < -0.39 is 0 Å². The lowest BCUT2D eigenvalue weighted by molar-refractivity contribution is 0.448. The lowest BCUT2D eigenvalue weighted by Gasteiger charge is -2.20. The number of hydrogen-bond acceptors (Lipinski definition) is 2. The van der Waals surface area contributed by atoms with Crippen LogP contribution >= 0.6 is 0 Å². The number of aromatic nitrogens is 2. The minimum Gasteiger partial charge on any atom is -0.345 e. The third-order valence-corrected chi connectivity index (χ3v) is 4.00. The molecule has 1 aromatic rings. The Kier molecular flexibility index (Phi) is 2.95. The van der Waals surface area contributed by atoms with Crippen LogP contribution in [0.1, 0.15) is 74.5 Å². The normalized spacial score (nSPS) is 25.5. The van der Waals surface area contributed by atoms with Gasteiger partial charge < -0.3 is 10.3 Å². The minimum atomic E-state index is 0.548. The molecule has 17 heavy (non-hydrogen) atoms. The van der Waals surface area contributed by atoms with Crippen LogP contribution in [0.2, 0.25) is 0 Å².